The van der Waals surface area contributed by atoms with Gasteiger partial charge in [-0.1, -0.05) is 29.8 Å². The molecule has 1 aromatic rings. The first-order valence-electron chi connectivity index (χ1n) is 6.56. The second-order valence-corrected chi connectivity index (χ2v) is 6.20. The summed E-state index contributed by atoms with van der Waals surface area (Å²) in [5.41, 5.74) is 0.891. The molecule has 1 aromatic carbocycles. The Kier molecular flexibility index (Phi) is 6.45. The van der Waals surface area contributed by atoms with Gasteiger partial charge >= 0.3 is 0 Å². The minimum absolute atomic E-state index is 0.165. The van der Waals surface area contributed by atoms with Gasteiger partial charge < -0.3 is 5.32 Å². The van der Waals surface area contributed by atoms with E-state index < -0.39 is 0 Å². The fourth-order valence-electron chi connectivity index (χ4n) is 1.83. The van der Waals surface area contributed by atoms with Crippen LogP contribution in [0.15, 0.2) is 22.7 Å². The molecule has 5 heteroatoms. The maximum absolute atomic E-state index is 11.0. The van der Waals surface area contributed by atoms with Gasteiger partial charge in [0.2, 0.25) is 0 Å². The number of nitrogens with zero attached hydrogens (tertiary/aromatic N) is 1. The Labute approximate surface area is 122 Å². The van der Waals surface area contributed by atoms with E-state index in [1.54, 1.807) is 12.1 Å². The first-order valence-corrected chi connectivity index (χ1v) is 7.35. The van der Waals surface area contributed by atoms with E-state index in [0.29, 0.717) is 18.5 Å². The summed E-state index contributed by atoms with van der Waals surface area (Å²) >= 11 is 3.26. The lowest BCUT2D eigenvalue weighted by atomic mass is 10.0. The summed E-state index contributed by atoms with van der Waals surface area (Å²) < 4.78 is 0.732. The lowest BCUT2D eigenvalue weighted by Crippen LogP contribution is -2.26. The molecule has 1 atom stereocenters. The number of halogens is 1. The van der Waals surface area contributed by atoms with Crippen molar-refractivity contribution in [1.82, 2.24) is 5.32 Å². The first kappa shape index (κ1) is 16.1. The Morgan fingerprint density at radius 1 is 1.32 bits per heavy atom. The fraction of sp³-hybridized carbons (Fsp3) is 0.571. The molecule has 0 aliphatic heterocycles. The molecule has 0 saturated heterocycles. The van der Waals surface area contributed by atoms with Crippen LogP contribution < -0.4 is 5.32 Å². The number of nitrogens with one attached hydrogen (secondary N) is 1. The van der Waals surface area contributed by atoms with E-state index in [4.69, 9.17) is 0 Å². The van der Waals surface area contributed by atoms with Crippen molar-refractivity contribution in [2.24, 2.45) is 5.92 Å². The maximum atomic E-state index is 11.0. The molecule has 0 aliphatic rings. The summed E-state index contributed by atoms with van der Waals surface area (Å²) in [6, 6.07) is 5.55. The smallest absolute Gasteiger partial charge is 0.275 e. The Balaban J connectivity index is 2.60. The average Bonchev–Trinajstić information content (AvgIpc) is 2.34. The number of benzene rings is 1. The van der Waals surface area contributed by atoms with Crippen molar-refractivity contribution in [2.75, 3.05) is 0 Å². The van der Waals surface area contributed by atoms with Crippen LogP contribution in [0.1, 0.15) is 39.2 Å². The van der Waals surface area contributed by atoms with E-state index in [-0.39, 0.29) is 10.6 Å². The van der Waals surface area contributed by atoms with Crippen molar-refractivity contribution in [3.8, 4) is 0 Å². The van der Waals surface area contributed by atoms with Gasteiger partial charge in [-0.15, -0.1) is 0 Å². The Hall–Kier alpha value is -0.940. The van der Waals surface area contributed by atoms with Crippen LogP contribution in [0, 0.1) is 16.0 Å². The summed E-state index contributed by atoms with van der Waals surface area (Å²) in [4.78, 5) is 10.7. The van der Waals surface area contributed by atoms with E-state index in [1.165, 1.54) is 0 Å². The molecule has 0 spiro atoms. The summed E-state index contributed by atoms with van der Waals surface area (Å²) in [5.74, 6) is 0.686. The highest BCUT2D eigenvalue weighted by atomic mass is 79.9. The molecule has 0 radical (unpaired) electrons. The standard InChI is InChI=1S/C14H21BrN2O2/c1-10(2)4-5-11(3)16-9-12-6-7-13(15)8-14(12)17(18)19/h6-8,10-11,16H,4-5,9H2,1-3H3. The third kappa shape index (κ3) is 5.70. The number of rotatable bonds is 7. The first-order chi connectivity index (χ1) is 8.90. The molecule has 0 amide bonds. The summed E-state index contributed by atoms with van der Waals surface area (Å²) in [5, 5.41) is 14.3. The van der Waals surface area contributed by atoms with Gasteiger partial charge in [0.25, 0.3) is 5.69 Å². The van der Waals surface area contributed by atoms with Crippen LogP contribution >= 0.6 is 15.9 Å². The minimum Gasteiger partial charge on any atom is -0.310 e. The van der Waals surface area contributed by atoms with Gasteiger partial charge in [-0.25, -0.2) is 0 Å². The van der Waals surface area contributed by atoms with Crippen LogP contribution in [0.25, 0.3) is 0 Å². The molecular formula is C14H21BrN2O2. The zero-order valence-corrected chi connectivity index (χ0v) is 13.2. The van der Waals surface area contributed by atoms with Crippen molar-refractivity contribution in [3.05, 3.63) is 38.3 Å². The van der Waals surface area contributed by atoms with Crippen molar-refractivity contribution in [3.63, 3.8) is 0 Å². The Morgan fingerprint density at radius 2 is 2.00 bits per heavy atom. The monoisotopic (exact) mass is 328 g/mol. The van der Waals surface area contributed by atoms with Crippen LogP contribution in [-0.2, 0) is 6.54 Å². The maximum Gasteiger partial charge on any atom is 0.275 e. The molecule has 4 nitrogen and oxygen atoms in total. The van der Waals surface area contributed by atoms with Gasteiger partial charge in [0.15, 0.2) is 0 Å². The van der Waals surface area contributed by atoms with Gasteiger partial charge in [0.05, 0.1) is 4.92 Å². The number of hydrogen-bond acceptors (Lipinski definition) is 3. The van der Waals surface area contributed by atoms with E-state index in [1.807, 2.05) is 6.07 Å². The van der Waals surface area contributed by atoms with Crippen LogP contribution in [0.4, 0.5) is 5.69 Å². The van der Waals surface area contributed by atoms with Crippen molar-refractivity contribution >= 4 is 21.6 Å². The molecule has 0 fully saturated rings. The Morgan fingerprint density at radius 3 is 2.58 bits per heavy atom. The van der Waals surface area contributed by atoms with E-state index in [2.05, 4.69) is 42.0 Å². The predicted molar refractivity (Wildman–Crippen MR) is 81.2 cm³/mol. The van der Waals surface area contributed by atoms with Crippen LogP contribution in [0.2, 0.25) is 0 Å². The third-order valence-electron chi connectivity index (χ3n) is 3.06. The molecule has 1 rings (SSSR count). The van der Waals surface area contributed by atoms with Gasteiger partial charge in [-0.05, 0) is 37.8 Å². The predicted octanol–water partition coefficient (Wildman–Crippen LogP) is 4.27. The van der Waals surface area contributed by atoms with Crippen LogP contribution in [0.5, 0.6) is 0 Å². The summed E-state index contributed by atoms with van der Waals surface area (Å²) in [6.07, 6.45) is 2.25. The van der Waals surface area contributed by atoms with Crippen molar-refractivity contribution in [2.45, 2.75) is 46.2 Å². The molecule has 0 aliphatic carbocycles. The lowest BCUT2D eigenvalue weighted by molar-refractivity contribution is -0.385. The Bertz CT molecular complexity index is 435. The largest absolute Gasteiger partial charge is 0.310 e. The second kappa shape index (κ2) is 7.60. The molecule has 106 valence electrons. The average molecular weight is 329 g/mol. The highest BCUT2D eigenvalue weighted by Gasteiger charge is 2.14. The van der Waals surface area contributed by atoms with E-state index >= 15 is 0 Å². The number of hydrogen-bond donors (Lipinski definition) is 1. The molecular weight excluding hydrogens is 308 g/mol. The molecule has 0 saturated carbocycles. The summed E-state index contributed by atoms with van der Waals surface area (Å²) in [6.45, 7) is 7.05. The van der Waals surface area contributed by atoms with Crippen molar-refractivity contribution < 1.29 is 4.92 Å². The fourth-order valence-corrected chi connectivity index (χ4v) is 2.18. The number of nitro benzene ring substituents is 1. The van der Waals surface area contributed by atoms with Crippen molar-refractivity contribution in [1.29, 1.82) is 0 Å². The zero-order chi connectivity index (χ0) is 14.4. The van der Waals surface area contributed by atoms with Gasteiger partial charge in [0, 0.05) is 28.7 Å². The highest BCUT2D eigenvalue weighted by molar-refractivity contribution is 9.10. The van der Waals surface area contributed by atoms with Gasteiger partial charge in [0.1, 0.15) is 0 Å². The second-order valence-electron chi connectivity index (χ2n) is 5.28. The molecule has 19 heavy (non-hydrogen) atoms. The quantitative estimate of drug-likeness (QED) is 0.600. The van der Waals surface area contributed by atoms with E-state index in [0.717, 1.165) is 22.9 Å². The van der Waals surface area contributed by atoms with Gasteiger partial charge in [-0.3, -0.25) is 10.1 Å². The number of nitro groups is 1. The molecule has 0 bridgehead atoms. The molecule has 0 aromatic heterocycles. The zero-order valence-electron chi connectivity index (χ0n) is 11.6. The third-order valence-corrected chi connectivity index (χ3v) is 3.56. The summed E-state index contributed by atoms with van der Waals surface area (Å²) in [7, 11) is 0. The van der Waals surface area contributed by atoms with Gasteiger partial charge in [-0.2, -0.15) is 0 Å². The lowest BCUT2D eigenvalue weighted by Gasteiger charge is -2.15. The molecule has 0 heterocycles. The molecule has 1 N–H and O–H groups in total. The topological polar surface area (TPSA) is 55.2 Å². The van der Waals surface area contributed by atoms with E-state index in [9.17, 15) is 10.1 Å². The SMILES string of the molecule is CC(C)CCC(C)NCc1ccc(Br)cc1[N+](=O)[O-]. The van der Waals surface area contributed by atoms with Crippen LogP contribution in [0.3, 0.4) is 0 Å². The normalized spacial score (nSPS) is 12.7. The molecule has 1 unspecified atom stereocenters. The highest BCUT2D eigenvalue weighted by Crippen LogP contribution is 2.23. The van der Waals surface area contributed by atoms with Crippen LogP contribution in [-0.4, -0.2) is 11.0 Å². The minimum atomic E-state index is -0.333.